The molecule has 1 fully saturated rings. The molecule has 1 saturated heterocycles. The fourth-order valence-corrected chi connectivity index (χ4v) is 3.83. The van der Waals surface area contributed by atoms with Crippen LogP contribution in [0, 0.1) is 0 Å². The van der Waals surface area contributed by atoms with Crippen LogP contribution in [0.3, 0.4) is 0 Å². The van der Waals surface area contributed by atoms with E-state index in [4.69, 9.17) is 23.2 Å². The van der Waals surface area contributed by atoms with Gasteiger partial charge in [-0.2, -0.15) is 0 Å². The Kier molecular flexibility index (Phi) is 3.58. The van der Waals surface area contributed by atoms with Crippen molar-refractivity contribution in [1.29, 1.82) is 0 Å². The average Bonchev–Trinajstić information content (AvgIpc) is 2.94. The van der Waals surface area contributed by atoms with Crippen LogP contribution >= 0.6 is 23.2 Å². The van der Waals surface area contributed by atoms with Crippen molar-refractivity contribution in [1.82, 2.24) is 14.9 Å². The zero-order valence-corrected chi connectivity index (χ0v) is 12.7. The fourth-order valence-electron chi connectivity index (χ4n) is 3.36. The summed E-state index contributed by atoms with van der Waals surface area (Å²) in [4.78, 5) is 13.2. The summed E-state index contributed by atoms with van der Waals surface area (Å²) < 4.78 is 0. The zero-order chi connectivity index (χ0) is 13.6. The number of hydrogen-bond acceptors (Lipinski definition) is 4. The third-order valence-electron chi connectivity index (χ3n) is 4.41. The Morgan fingerprint density at radius 1 is 1.26 bits per heavy atom. The lowest BCUT2D eigenvalue weighted by atomic mass is 10.1. The highest BCUT2D eigenvalue weighted by Crippen LogP contribution is 2.35. The number of fused-ring (bicyclic) bond motifs is 1. The number of anilines is 1. The van der Waals surface area contributed by atoms with Gasteiger partial charge in [0.25, 0.3) is 0 Å². The minimum Gasteiger partial charge on any atom is -0.352 e. The first-order valence-corrected chi connectivity index (χ1v) is 7.52. The maximum Gasteiger partial charge on any atom is 0.225 e. The molecule has 19 heavy (non-hydrogen) atoms. The van der Waals surface area contributed by atoms with Gasteiger partial charge in [0.2, 0.25) is 5.28 Å². The Labute approximate surface area is 123 Å². The maximum absolute atomic E-state index is 6.16. The molecule has 104 valence electrons. The monoisotopic (exact) mass is 300 g/mol. The Morgan fingerprint density at radius 3 is 2.74 bits per heavy atom. The molecule has 0 radical (unpaired) electrons. The molecule has 1 aromatic rings. The molecule has 2 aliphatic rings. The van der Waals surface area contributed by atoms with Gasteiger partial charge in [-0.25, -0.2) is 9.97 Å². The molecule has 0 bridgehead atoms. The number of likely N-dealkylation sites (N-methyl/N-ethyl adjacent to an activating group) is 1. The second kappa shape index (κ2) is 5.08. The molecule has 0 N–H and O–H groups in total. The highest BCUT2D eigenvalue weighted by atomic mass is 35.5. The molecule has 1 aromatic heterocycles. The number of halogens is 2. The van der Waals surface area contributed by atoms with E-state index in [1.54, 1.807) is 0 Å². The SMILES string of the molecule is CC([C@@H]1CCCN1C)N1CCc2c(Cl)nc(Cl)nc21. The van der Waals surface area contributed by atoms with E-state index in [1.807, 2.05) is 0 Å². The van der Waals surface area contributed by atoms with Gasteiger partial charge in [0.1, 0.15) is 11.0 Å². The van der Waals surface area contributed by atoms with Crippen LogP contribution in [0.2, 0.25) is 10.4 Å². The lowest BCUT2D eigenvalue weighted by molar-refractivity contribution is 0.273. The lowest BCUT2D eigenvalue weighted by Gasteiger charge is -2.34. The first-order chi connectivity index (χ1) is 9.08. The van der Waals surface area contributed by atoms with Crippen LogP contribution in [0.1, 0.15) is 25.3 Å². The topological polar surface area (TPSA) is 32.3 Å². The molecule has 6 heteroatoms. The van der Waals surface area contributed by atoms with E-state index in [2.05, 4.69) is 33.7 Å². The molecule has 0 saturated carbocycles. The molecule has 0 aliphatic carbocycles. The van der Waals surface area contributed by atoms with E-state index >= 15 is 0 Å². The third-order valence-corrected chi connectivity index (χ3v) is 4.89. The molecule has 3 heterocycles. The van der Waals surface area contributed by atoms with Crippen molar-refractivity contribution in [2.75, 3.05) is 25.0 Å². The van der Waals surface area contributed by atoms with E-state index in [-0.39, 0.29) is 5.28 Å². The van der Waals surface area contributed by atoms with E-state index in [9.17, 15) is 0 Å². The van der Waals surface area contributed by atoms with Crippen molar-refractivity contribution >= 4 is 29.0 Å². The van der Waals surface area contributed by atoms with Gasteiger partial charge in [0.15, 0.2) is 0 Å². The highest BCUT2D eigenvalue weighted by molar-refractivity contribution is 6.32. The van der Waals surface area contributed by atoms with Gasteiger partial charge in [0, 0.05) is 24.2 Å². The van der Waals surface area contributed by atoms with Crippen molar-refractivity contribution < 1.29 is 0 Å². The zero-order valence-electron chi connectivity index (χ0n) is 11.2. The van der Waals surface area contributed by atoms with Gasteiger partial charge in [-0.15, -0.1) is 0 Å². The Morgan fingerprint density at radius 2 is 2.05 bits per heavy atom. The van der Waals surface area contributed by atoms with Gasteiger partial charge in [-0.05, 0) is 51.4 Å². The van der Waals surface area contributed by atoms with Crippen LogP contribution in [0.15, 0.2) is 0 Å². The number of rotatable bonds is 2. The average molecular weight is 301 g/mol. The van der Waals surface area contributed by atoms with Crippen molar-refractivity contribution in [3.8, 4) is 0 Å². The summed E-state index contributed by atoms with van der Waals surface area (Å²) in [7, 11) is 2.20. The first kappa shape index (κ1) is 13.4. The molecule has 0 aromatic carbocycles. The van der Waals surface area contributed by atoms with Crippen molar-refractivity contribution in [3.05, 3.63) is 16.0 Å². The van der Waals surface area contributed by atoms with Crippen LogP contribution in [0.4, 0.5) is 5.82 Å². The Hall–Kier alpha value is -0.580. The summed E-state index contributed by atoms with van der Waals surface area (Å²) in [5.74, 6) is 0.929. The predicted molar refractivity (Wildman–Crippen MR) is 78.2 cm³/mol. The maximum atomic E-state index is 6.16. The molecule has 4 nitrogen and oxygen atoms in total. The largest absolute Gasteiger partial charge is 0.352 e. The normalized spacial score (nSPS) is 24.8. The number of aromatic nitrogens is 2. The molecular formula is C13H18Cl2N4. The fraction of sp³-hybridized carbons (Fsp3) is 0.692. The quantitative estimate of drug-likeness (QED) is 0.621. The van der Waals surface area contributed by atoms with E-state index in [0.29, 0.717) is 17.2 Å². The van der Waals surface area contributed by atoms with Gasteiger partial charge in [0.05, 0.1) is 0 Å². The van der Waals surface area contributed by atoms with Gasteiger partial charge < -0.3 is 9.80 Å². The smallest absolute Gasteiger partial charge is 0.225 e. The van der Waals surface area contributed by atoms with E-state index in [1.165, 1.54) is 19.4 Å². The summed E-state index contributed by atoms with van der Waals surface area (Å²) in [6.45, 7) is 4.40. The molecule has 2 aliphatic heterocycles. The van der Waals surface area contributed by atoms with Crippen LogP contribution in [-0.2, 0) is 6.42 Å². The second-order valence-corrected chi connectivity index (χ2v) is 6.16. The van der Waals surface area contributed by atoms with Gasteiger partial charge >= 0.3 is 0 Å². The number of likely N-dealkylation sites (tertiary alicyclic amines) is 1. The van der Waals surface area contributed by atoms with Gasteiger partial charge in [-0.3, -0.25) is 0 Å². The summed E-state index contributed by atoms with van der Waals surface area (Å²) in [5.41, 5.74) is 1.04. The number of nitrogens with zero attached hydrogens (tertiary/aromatic N) is 4. The first-order valence-electron chi connectivity index (χ1n) is 6.76. The summed E-state index contributed by atoms with van der Waals surface area (Å²) in [5, 5.41) is 0.743. The summed E-state index contributed by atoms with van der Waals surface area (Å²) in [6, 6.07) is 1.01. The van der Waals surface area contributed by atoms with Crippen molar-refractivity contribution in [3.63, 3.8) is 0 Å². The Balaban J connectivity index is 1.89. The number of hydrogen-bond donors (Lipinski definition) is 0. The van der Waals surface area contributed by atoms with Crippen LogP contribution in [0.5, 0.6) is 0 Å². The molecule has 2 atom stereocenters. The predicted octanol–water partition coefficient (Wildman–Crippen LogP) is 2.63. The molecule has 0 amide bonds. The molecule has 3 rings (SSSR count). The van der Waals surface area contributed by atoms with E-state index in [0.717, 1.165) is 24.3 Å². The van der Waals surface area contributed by atoms with Crippen molar-refractivity contribution in [2.45, 2.75) is 38.3 Å². The molecular weight excluding hydrogens is 283 g/mol. The second-order valence-electron chi connectivity index (χ2n) is 5.46. The summed E-state index contributed by atoms with van der Waals surface area (Å²) in [6.07, 6.45) is 3.43. The Bertz CT molecular complexity index is 494. The molecule has 1 unspecified atom stereocenters. The summed E-state index contributed by atoms with van der Waals surface area (Å²) >= 11 is 12.1. The third kappa shape index (κ3) is 2.30. The van der Waals surface area contributed by atoms with Crippen LogP contribution < -0.4 is 4.90 Å². The molecule has 0 spiro atoms. The van der Waals surface area contributed by atoms with Crippen LogP contribution in [0.25, 0.3) is 0 Å². The van der Waals surface area contributed by atoms with Crippen molar-refractivity contribution in [2.24, 2.45) is 0 Å². The standard InChI is InChI=1S/C13H18Cl2N4/c1-8(10-4-3-6-18(10)2)19-7-5-9-11(14)16-13(15)17-12(9)19/h8,10H,3-7H2,1-2H3/t8?,10-/m0/s1. The highest BCUT2D eigenvalue weighted by Gasteiger charge is 2.35. The van der Waals surface area contributed by atoms with Gasteiger partial charge in [-0.1, -0.05) is 11.6 Å². The van der Waals surface area contributed by atoms with Crippen LogP contribution in [-0.4, -0.2) is 47.1 Å². The lowest BCUT2D eigenvalue weighted by Crippen LogP contribution is -2.46. The minimum atomic E-state index is 0.239. The minimum absolute atomic E-state index is 0.239. The van der Waals surface area contributed by atoms with E-state index < -0.39 is 0 Å².